The van der Waals surface area contributed by atoms with E-state index in [1.54, 1.807) is 4.57 Å². The fourth-order valence-electron chi connectivity index (χ4n) is 2.11. The van der Waals surface area contributed by atoms with Crippen LogP contribution >= 0.6 is 23.1 Å². The minimum atomic E-state index is -0.0277. The standard InChI is InChI=1S/C16H23N3O2S2/c1-5-11(4)17-13(20)9-23-16-18-12-6-7-22-14(12)15(21)19(16)8-10(2)3/h6-7,10-11H,5,8-9H2,1-4H3,(H,17,20)/t11-/m0/s1. The SMILES string of the molecule is CC[C@H](C)NC(=O)CSc1nc2ccsc2c(=O)n1CC(C)C. The molecule has 7 heteroatoms. The van der Waals surface area contributed by atoms with E-state index in [1.807, 2.05) is 25.3 Å². The summed E-state index contributed by atoms with van der Waals surface area (Å²) in [6.07, 6.45) is 0.896. The Hall–Kier alpha value is -1.34. The van der Waals surface area contributed by atoms with Gasteiger partial charge in [-0.05, 0) is 30.7 Å². The average molecular weight is 354 g/mol. The Labute approximate surface area is 144 Å². The maximum absolute atomic E-state index is 12.6. The van der Waals surface area contributed by atoms with E-state index in [2.05, 4.69) is 24.1 Å². The van der Waals surface area contributed by atoms with E-state index < -0.39 is 0 Å². The lowest BCUT2D eigenvalue weighted by atomic mass is 10.2. The number of carbonyl (C=O) groups excluding carboxylic acids is 1. The highest BCUT2D eigenvalue weighted by atomic mass is 32.2. The van der Waals surface area contributed by atoms with Crippen molar-refractivity contribution in [1.29, 1.82) is 0 Å². The van der Waals surface area contributed by atoms with Gasteiger partial charge in [-0.1, -0.05) is 32.5 Å². The number of nitrogens with zero attached hydrogens (tertiary/aromatic N) is 2. The summed E-state index contributed by atoms with van der Waals surface area (Å²) in [5.74, 6) is 0.574. The highest BCUT2D eigenvalue weighted by Gasteiger charge is 2.15. The molecule has 2 rings (SSSR count). The van der Waals surface area contributed by atoms with E-state index >= 15 is 0 Å². The Morgan fingerprint density at radius 2 is 2.17 bits per heavy atom. The maximum Gasteiger partial charge on any atom is 0.272 e. The number of hydrogen-bond donors (Lipinski definition) is 1. The van der Waals surface area contributed by atoms with E-state index in [9.17, 15) is 9.59 Å². The van der Waals surface area contributed by atoms with Gasteiger partial charge >= 0.3 is 0 Å². The molecule has 0 saturated carbocycles. The van der Waals surface area contributed by atoms with Gasteiger partial charge in [-0.2, -0.15) is 0 Å². The molecule has 23 heavy (non-hydrogen) atoms. The monoisotopic (exact) mass is 353 g/mol. The molecule has 0 aromatic carbocycles. The summed E-state index contributed by atoms with van der Waals surface area (Å²) in [7, 11) is 0. The zero-order valence-electron chi connectivity index (χ0n) is 14.0. The quantitative estimate of drug-likeness (QED) is 0.613. The molecule has 0 radical (unpaired) electrons. The molecule has 0 bridgehead atoms. The molecule has 1 atom stereocenters. The van der Waals surface area contributed by atoms with Crippen LogP contribution in [0.2, 0.25) is 0 Å². The Balaban J connectivity index is 2.24. The average Bonchev–Trinajstić information content (AvgIpc) is 2.96. The van der Waals surface area contributed by atoms with Gasteiger partial charge in [0.2, 0.25) is 5.91 Å². The molecule has 1 N–H and O–H groups in total. The van der Waals surface area contributed by atoms with E-state index in [0.717, 1.165) is 6.42 Å². The van der Waals surface area contributed by atoms with Gasteiger partial charge in [-0.15, -0.1) is 11.3 Å². The Bertz CT molecular complexity index is 736. The van der Waals surface area contributed by atoms with Crippen molar-refractivity contribution in [3.8, 4) is 0 Å². The van der Waals surface area contributed by atoms with Gasteiger partial charge in [0.05, 0.1) is 11.3 Å². The number of rotatable bonds is 7. The van der Waals surface area contributed by atoms with Gasteiger partial charge in [0.25, 0.3) is 5.56 Å². The van der Waals surface area contributed by atoms with Crippen LogP contribution in [0.25, 0.3) is 10.2 Å². The number of amides is 1. The summed E-state index contributed by atoms with van der Waals surface area (Å²) in [5.41, 5.74) is 0.702. The molecule has 2 aromatic rings. The molecule has 5 nitrogen and oxygen atoms in total. The highest BCUT2D eigenvalue weighted by Crippen LogP contribution is 2.21. The summed E-state index contributed by atoms with van der Waals surface area (Å²) in [4.78, 5) is 29.2. The number of carbonyl (C=O) groups is 1. The second-order valence-corrected chi connectivity index (χ2v) is 7.86. The van der Waals surface area contributed by atoms with Gasteiger partial charge in [-0.25, -0.2) is 4.98 Å². The fourth-order valence-corrected chi connectivity index (χ4v) is 3.71. The third-order valence-electron chi connectivity index (χ3n) is 3.43. The predicted molar refractivity (Wildman–Crippen MR) is 97.3 cm³/mol. The third kappa shape index (κ3) is 4.57. The number of aromatic nitrogens is 2. The largest absolute Gasteiger partial charge is 0.353 e. The van der Waals surface area contributed by atoms with E-state index in [1.165, 1.54) is 23.1 Å². The van der Waals surface area contributed by atoms with Gasteiger partial charge in [0.15, 0.2) is 5.16 Å². The van der Waals surface area contributed by atoms with E-state index in [0.29, 0.717) is 27.8 Å². The van der Waals surface area contributed by atoms with Crippen LogP contribution in [-0.2, 0) is 11.3 Å². The Kier molecular flexibility index (Phi) is 6.24. The molecule has 0 unspecified atom stereocenters. The molecule has 2 heterocycles. The van der Waals surface area contributed by atoms with E-state index in [-0.39, 0.29) is 23.3 Å². The fraction of sp³-hybridized carbons (Fsp3) is 0.562. The van der Waals surface area contributed by atoms with Crippen molar-refractivity contribution in [2.24, 2.45) is 5.92 Å². The first-order chi connectivity index (χ1) is 10.9. The summed E-state index contributed by atoms with van der Waals surface area (Å²) in [6, 6.07) is 2.01. The first kappa shape index (κ1) is 18.0. The van der Waals surface area contributed by atoms with Crippen LogP contribution < -0.4 is 10.9 Å². The molecule has 126 valence electrons. The topological polar surface area (TPSA) is 64.0 Å². The minimum Gasteiger partial charge on any atom is -0.353 e. The van der Waals surface area contributed by atoms with Crippen LogP contribution in [0.4, 0.5) is 0 Å². The summed E-state index contributed by atoms with van der Waals surface area (Å²) in [5, 5.41) is 5.43. The number of fused-ring (bicyclic) bond motifs is 1. The van der Waals surface area contributed by atoms with Crippen LogP contribution in [0.1, 0.15) is 34.1 Å². The smallest absolute Gasteiger partial charge is 0.272 e. The first-order valence-corrected chi connectivity index (χ1v) is 9.69. The van der Waals surface area contributed by atoms with Crippen LogP contribution in [0.3, 0.4) is 0 Å². The highest BCUT2D eigenvalue weighted by molar-refractivity contribution is 7.99. The summed E-state index contributed by atoms with van der Waals surface area (Å²) < 4.78 is 2.38. The molecule has 0 aliphatic rings. The molecule has 0 saturated heterocycles. The van der Waals surface area contributed by atoms with Crippen molar-refractivity contribution in [2.75, 3.05) is 5.75 Å². The van der Waals surface area contributed by atoms with Crippen molar-refractivity contribution >= 4 is 39.2 Å². The molecular weight excluding hydrogens is 330 g/mol. The molecular formula is C16H23N3O2S2. The van der Waals surface area contributed by atoms with Crippen molar-refractivity contribution in [3.05, 3.63) is 21.8 Å². The second kappa shape index (κ2) is 7.97. The predicted octanol–water partition coefficient (Wildman–Crippen LogP) is 3.12. The van der Waals surface area contributed by atoms with Gasteiger partial charge in [-0.3, -0.25) is 14.2 Å². The number of hydrogen-bond acceptors (Lipinski definition) is 5. The first-order valence-electron chi connectivity index (χ1n) is 7.82. The Morgan fingerprint density at radius 1 is 1.43 bits per heavy atom. The van der Waals surface area contributed by atoms with Crippen molar-refractivity contribution < 1.29 is 4.79 Å². The number of thiophene rings is 1. The maximum atomic E-state index is 12.6. The van der Waals surface area contributed by atoms with Crippen LogP contribution in [0, 0.1) is 5.92 Å². The number of thioether (sulfide) groups is 1. The second-order valence-electron chi connectivity index (χ2n) is 6.00. The normalized spacial score (nSPS) is 12.7. The van der Waals surface area contributed by atoms with Crippen LogP contribution in [0.5, 0.6) is 0 Å². The van der Waals surface area contributed by atoms with Crippen molar-refractivity contribution in [3.63, 3.8) is 0 Å². The van der Waals surface area contributed by atoms with Crippen LogP contribution in [-0.4, -0.2) is 27.3 Å². The zero-order chi connectivity index (χ0) is 17.0. The van der Waals surface area contributed by atoms with Crippen LogP contribution in [0.15, 0.2) is 21.4 Å². The van der Waals surface area contributed by atoms with Gasteiger partial charge < -0.3 is 5.32 Å². The molecule has 0 spiro atoms. The molecule has 0 aliphatic heterocycles. The number of nitrogens with one attached hydrogen (secondary N) is 1. The summed E-state index contributed by atoms with van der Waals surface area (Å²) in [6.45, 7) is 8.75. The lowest BCUT2D eigenvalue weighted by molar-refractivity contribution is -0.119. The molecule has 0 aliphatic carbocycles. The lowest BCUT2D eigenvalue weighted by Gasteiger charge is -2.14. The van der Waals surface area contributed by atoms with Gasteiger partial charge in [0.1, 0.15) is 4.70 Å². The zero-order valence-corrected chi connectivity index (χ0v) is 15.6. The molecule has 0 fully saturated rings. The van der Waals surface area contributed by atoms with E-state index in [4.69, 9.17) is 0 Å². The molecule has 2 aromatic heterocycles. The van der Waals surface area contributed by atoms with Crippen molar-refractivity contribution in [1.82, 2.24) is 14.9 Å². The van der Waals surface area contributed by atoms with Crippen molar-refractivity contribution in [2.45, 2.75) is 51.9 Å². The minimum absolute atomic E-state index is 0.0106. The van der Waals surface area contributed by atoms with Gasteiger partial charge in [0, 0.05) is 12.6 Å². The lowest BCUT2D eigenvalue weighted by Crippen LogP contribution is -2.33. The summed E-state index contributed by atoms with van der Waals surface area (Å²) >= 11 is 2.74. The molecule has 1 amide bonds. The third-order valence-corrected chi connectivity index (χ3v) is 5.30. The Morgan fingerprint density at radius 3 is 2.83 bits per heavy atom.